The summed E-state index contributed by atoms with van der Waals surface area (Å²) in [4.78, 5) is 0.265. The van der Waals surface area contributed by atoms with E-state index in [2.05, 4.69) is 4.72 Å². The number of hydrogen-bond donors (Lipinski definition) is 2. The minimum absolute atomic E-state index is 0.0346. The molecule has 0 aliphatic heterocycles. The second-order valence-electron chi connectivity index (χ2n) is 5.42. The van der Waals surface area contributed by atoms with E-state index >= 15 is 0 Å². The van der Waals surface area contributed by atoms with Gasteiger partial charge in [-0.15, -0.1) is 11.6 Å². The molecule has 0 aromatic heterocycles. The predicted molar refractivity (Wildman–Crippen MR) is 79.4 cm³/mol. The highest BCUT2D eigenvalue weighted by atomic mass is 35.5. The molecule has 0 unspecified atom stereocenters. The average Bonchev–Trinajstić information content (AvgIpc) is 3.24. The van der Waals surface area contributed by atoms with Crippen LogP contribution in [-0.2, 0) is 16.4 Å². The number of aliphatic hydroxyl groups is 1. The molecule has 1 aromatic carbocycles. The van der Waals surface area contributed by atoms with Gasteiger partial charge in [0.1, 0.15) is 0 Å². The summed E-state index contributed by atoms with van der Waals surface area (Å²) < 4.78 is 26.9. The van der Waals surface area contributed by atoms with Crippen LogP contribution in [0.1, 0.15) is 24.8 Å². The minimum Gasteiger partial charge on any atom is -0.396 e. The predicted octanol–water partition coefficient (Wildman–Crippen LogP) is 1.91. The Labute approximate surface area is 125 Å². The van der Waals surface area contributed by atoms with Gasteiger partial charge in [0.2, 0.25) is 10.0 Å². The summed E-state index contributed by atoms with van der Waals surface area (Å²) in [6.45, 7) is 0.340. The largest absolute Gasteiger partial charge is 0.396 e. The van der Waals surface area contributed by atoms with E-state index in [1.54, 1.807) is 12.1 Å². The molecule has 2 rings (SSSR count). The van der Waals surface area contributed by atoms with Gasteiger partial charge in [0.05, 0.1) is 4.90 Å². The summed E-state index contributed by atoms with van der Waals surface area (Å²) in [5.74, 6) is 0.602. The maximum absolute atomic E-state index is 12.1. The summed E-state index contributed by atoms with van der Waals surface area (Å²) in [6.07, 6.45) is 3.49. The van der Waals surface area contributed by atoms with Gasteiger partial charge in [-0.1, -0.05) is 12.1 Å². The quantitative estimate of drug-likeness (QED) is 0.720. The van der Waals surface area contributed by atoms with Crippen LogP contribution in [0.25, 0.3) is 0 Å². The molecular formula is C14H20ClNO3S. The van der Waals surface area contributed by atoms with Gasteiger partial charge >= 0.3 is 0 Å². The molecule has 112 valence electrons. The number of hydrogen-bond acceptors (Lipinski definition) is 3. The molecule has 0 atom stereocenters. The fraction of sp³-hybridized carbons (Fsp3) is 0.571. The lowest BCUT2D eigenvalue weighted by Crippen LogP contribution is -2.31. The number of halogens is 1. The smallest absolute Gasteiger partial charge is 0.240 e. The minimum atomic E-state index is -3.49. The highest BCUT2D eigenvalue weighted by molar-refractivity contribution is 7.89. The zero-order chi connectivity index (χ0) is 14.6. The first-order valence-corrected chi connectivity index (χ1v) is 8.79. The zero-order valence-electron chi connectivity index (χ0n) is 11.3. The Morgan fingerprint density at radius 2 is 1.90 bits per heavy atom. The molecule has 0 bridgehead atoms. The van der Waals surface area contributed by atoms with E-state index in [-0.39, 0.29) is 16.9 Å². The molecule has 2 N–H and O–H groups in total. The first kappa shape index (κ1) is 15.8. The van der Waals surface area contributed by atoms with Gasteiger partial charge in [0, 0.05) is 24.4 Å². The third kappa shape index (κ3) is 3.95. The highest BCUT2D eigenvalue weighted by Crippen LogP contribution is 2.44. The second kappa shape index (κ2) is 6.43. The molecule has 0 amide bonds. The topological polar surface area (TPSA) is 66.4 Å². The number of aliphatic hydroxyl groups excluding tert-OH is 1. The summed E-state index contributed by atoms with van der Waals surface area (Å²) >= 11 is 5.63. The van der Waals surface area contributed by atoms with E-state index in [0.717, 1.165) is 31.2 Å². The molecule has 1 aliphatic rings. The SMILES string of the molecule is O=S(=O)(NCC1(CO)CC1)c1ccc(CCCCl)cc1. The maximum atomic E-state index is 12.1. The number of sulfonamides is 1. The fourth-order valence-corrected chi connectivity index (χ4v) is 3.30. The van der Waals surface area contributed by atoms with Crippen LogP contribution in [0.5, 0.6) is 0 Å². The third-order valence-electron chi connectivity index (χ3n) is 3.76. The first-order chi connectivity index (χ1) is 9.51. The zero-order valence-corrected chi connectivity index (χ0v) is 12.9. The van der Waals surface area contributed by atoms with E-state index in [1.807, 2.05) is 12.1 Å². The van der Waals surface area contributed by atoms with Crippen LogP contribution in [0.3, 0.4) is 0 Å². The lowest BCUT2D eigenvalue weighted by Gasteiger charge is -2.13. The Bertz CT molecular complexity index is 538. The molecule has 0 spiro atoms. The van der Waals surface area contributed by atoms with Crippen molar-refractivity contribution in [2.45, 2.75) is 30.6 Å². The molecule has 1 fully saturated rings. The summed E-state index contributed by atoms with van der Waals surface area (Å²) in [5, 5.41) is 9.20. The monoisotopic (exact) mass is 317 g/mol. The third-order valence-corrected chi connectivity index (χ3v) is 5.45. The lowest BCUT2D eigenvalue weighted by atomic mass is 10.1. The van der Waals surface area contributed by atoms with Crippen molar-refractivity contribution in [1.82, 2.24) is 4.72 Å². The summed E-state index contributed by atoms with van der Waals surface area (Å²) in [7, 11) is -3.49. The number of rotatable bonds is 8. The van der Waals surface area contributed by atoms with Crippen LogP contribution >= 0.6 is 11.6 Å². The molecule has 1 saturated carbocycles. The summed E-state index contributed by atoms with van der Waals surface area (Å²) in [6, 6.07) is 6.87. The van der Waals surface area contributed by atoms with E-state index in [4.69, 9.17) is 11.6 Å². The Morgan fingerprint density at radius 1 is 1.25 bits per heavy atom. The molecule has 4 nitrogen and oxygen atoms in total. The van der Waals surface area contributed by atoms with Crippen molar-refractivity contribution >= 4 is 21.6 Å². The van der Waals surface area contributed by atoms with Gasteiger partial charge in [0.25, 0.3) is 0 Å². The lowest BCUT2D eigenvalue weighted by molar-refractivity contribution is 0.213. The van der Waals surface area contributed by atoms with Crippen molar-refractivity contribution in [3.8, 4) is 0 Å². The van der Waals surface area contributed by atoms with Crippen LogP contribution < -0.4 is 4.72 Å². The average molecular weight is 318 g/mol. The van der Waals surface area contributed by atoms with E-state index in [1.165, 1.54) is 0 Å². The van der Waals surface area contributed by atoms with Crippen LogP contribution in [0.4, 0.5) is 0 Å². The first-order valence-electron chi connectivity index (χ1n) is 6.77. The standard InChI is InChI=1S/C14H20ClNO3S/c15-9-1-2-12-3-5-13(6-4-12)20(18,19)16-10-14(11-17)7-8-14/h3-6,16-17H,1-2,7-11H2. The highest BCUT2D eigenvalue weighted by Gasteiger charge is 2.42. The van der Waals surface area contributed by atoms with Gasteiger partial charge in [-0.05, 0) is 43.4 Å². The molecule has 1 aromatic rings. The summed E-state index contributed by atoms with van der Waals surface area (Å²) in [5.41, 5.74) is 0.853. The fourth-order valence-electron chi connectivity index (χ4n) is 2.01. The van der Waals surface area contributed by atoms with Gasteiger partial charge in [-0.25, -0.2) is 13.1 Å². The van der Waals surface area contributed by atoms with Crippen molar-refractivity contribution in [2.75, 3.05) is 19.0 Å². The van der Waals surface area contributed by atoms with Gasteiger partial charge in [-0.3, -0.25) is 0 Å². The number of aryl methyl sites for hydroxylation is 1. The Morgan fingerprint density at radius 3 is 2.40 bits per heavy atom. The number of benzene rings is 1. The van der Waals surface area contributed by atoms with Crippen molar-refractivity contribution in [2.24, 2.45) is 5.41 Å². The Balaban J connectivity index is 1.98. The molecule has 20 heavy (non-hydrogen) atoms. The Kier molecular flexibility index (Phi) is 5.07. The van der Waals surface area contributed by atoms with Gasteiger partial charge < -0.3 is 5.11 Å². The van der Waals surface area contributed by atoms with Crippen LogP contribution in [0, 0.1) is 5.41 Å². The van der Waals surface area contributed by atoms with E-state index in [9.17, 15) is 13.5 Å². The molecule has 0 saturated heterocycles. The molecule has 0 radical (unpaired) electrons. The van der Waals surface area contributed by atoms with Gasteiger partial charge in [-0.2, -0.15) is 0 Å². The number of nitrogens with one attached hydrogen (secondary N) is 1. The van der Waals surface area contributed by atoms with Crippen LogP contribution in [0.2, 0.25) is 0 Å². The van der Waals surface area contributed by atoms with Crippen LogP contribution in [0.15, 0.2) is 29.2 Å². The van der Waals surface area contributed by atoms with E-state index < -0.39 is 10.0 Å². The molecule has 6 heteroatoms. The van der Waals surface area contributed by atoms with Crippen molar-refractivity contribution in [1.29, 1.82) is 0 Å². The molecular weight excluding hydrogens is 298 g/mol. The van der Waals surface area contributed by atoms with Gasteiger partial charge in [0.15, 0.2) is 0 Å². The van der Waals surface area contributed by atoms with Crippen molar-refractivity contribution < 1.29 is 13.5 Å². The molecule has 1 aliphatic carbocycles. The van der Waals surface area contributed by atoms with Crippen molar-refractivity contribution in [3.63, 3.8) is 0 Å². The van der Waals surface area contributed by atoms with Crippen LogP contribution in [-0.4, -0.2) is 32.6 Å². The second-order valence-corrected chi connectivity index (χ2v) is 7.56. The van der Waals surface area contributed by atoms with Crippen molar-refractivity contribution in [3.05, 3.63) is 29.8 Å². The normalized spacial score (nSPS) is 17.1. The molecule has 0 heterocycles. The maximum Gasteiger partial charge on any atom is 0.240 e. The Hall–Kier alpha value is -0.620. The van der Waals surface area contributed by atoms with E-state index in [0.29, 0.717) is 12.4 Å². The number of alkyl halides is 1.